The zero-order valence-electron chi connectivity index (χ0n) is 12.4. The van der Waals surface area contributed by atoms with Crippen LogP contribution in [0.2, 0.25) is 0 Å². The highest BCUT2D eigenvalue weighted by Crippen LogP contribution is 2.15. The quantitative estimate of drug-likeness (QED) is 0.831. The standard InChI is InChI=1S/C16H17NO4S/c1-16(15(19)20-2,11-21-13-6-4-3-5-7-13)17-14(18)12-8-9-22-10-12/h3-10H,11H2,1-2H3,(H,17,18)/t16-/m0/s1. The average Bonchev–Trinajstić information content (AvgIpc) is 3.08. The zero-order chi connectivity index (χ0) is 16.0. The van der Waals surface area contributed by atoms with Crippen molar-refractivity contribution in [3.63, 3.8) is 0 Å². The number of carbonyl (C=O) groups excluding carboxylic acids is 2. The third-order valence-electron chi connectivity index (χ3n) is 3.08. The molecule has 1 N–H and O–H groups in total. The molecule has 2 rings (SSSR count). The first-order chi connectivity index (χ1) is 10.5. The summed E-state index contributed by atoms with van der Waals surface area (Å²) < 4.78 is 10.4. The molecule has 0 saturated carbocycles. The summed E-state index contributed by atoms with van der Waals surface area (Å²) >= 11 is 1.41. The molecule has 0 unspecified atom stereocenters. The van der Waals surface area contributed by atoms with Crippen LogP contribution < -0.4 is 10.1 Å². The third-order valence-corrected chi connectivity index (χ3v) is 3.76. The Hall–Kier alpha value is -2.34. The summed E-state index contributed by atoms with van der Waals surface area (Å²) in [5, 5.41) is 6.19. The fourth-order valence-corrected chi connectivity index (χ4v) is 2.47. The molecule has 0 bridgehead atoms. The van der Waals surface area contributed by atoms with E-state index in [1.807, 2.05) is 18.2 Å². The lowest BCUT2D eigenvalue weighted by atomic mass is 10.0. The van der Waals surface area contributed by atoms with Gasteiger partial charge in [-0.2, -0.15) is 11.3 Å². The molecule has 1 amide bonds. The summed E-state index contributed by atoms with van der Waals surface area (Å²) in [7, 11) is 1.28. The molecule has 0 aliphatic rings. The molecule has 6 heteroatoms. The predicted octanol–water partition coefficient (Wildman–Crippen LogP) is 2.49. The van der Waals surface area contributed by atoms with Crippen molar-refractivity contribution in [2.45, 2.75) is 12.5 Å². The van der Waals surface area contributed by atoms with E-state index < -0.39 is 11.5 Å². The van der Waals surface area contributed by atoms with E-state index in [0.29, 0.717) is 11.3 Å². The lowest BCUT2D eigenvalue weighted by Crippen LogP contribution is -2.56. The zero-order valence-corrected chi connectivity index (χ0v) is 13.2. The average molecular weight is 319 g/mol. The van der Waals surface area contributed by atoms with Crippen molar-refractivity contribution in [2.75, 3.05) is 13.7 Å². The van der Waals surface area contributed by atoms with Crippen LogP contribution in [0.15, 0.2) is 47.2 Å². The van der Waals surface area contributed by atoms with Crippen LogP contribution in [0.5, 0.6) is 5.75 Å². The summed E-state index contributed by atoms with van der Waals surface area (Å²) in [4.78, 5) is 24.2. The van der Waals surface area contributed by atoms with E-state index in [2.05, 4.69) is 5.32 Å². The molecule has 2 aromatic rings. The first-order valence-corrected chi connectivity index (χ1v) is 7.60. The summed E-state index contributed by atoms with van der Waals surface area (Å²) in [6, 6.07) is 10.8. The summed E-state index contributed by atoms with van der Waals surface area (Å²) in [5.74, 6) is -0.291. The van der Waals surface area contributed by atoms with Crippen molar-refractivity contribution in [3.05, 3.63) is 52.7 Å². The molecule has 1 heterocycles. The van der Waals surface area contributed by atoms with Crippen LogP contribution in [0, 0.1) is 0 Å². The second-order valence-corrected chi connectivity index (χ2v) is 5.67. The normalized spacial score (nSPS) is 13.0. The van der Waals surface area contributed by atoms with Crippen LogP contribution in [0.3, 0.4) is 0 Å². The molecule has 1 atom stereocenters. The molecule has 5 nitrogen and oxygen atoms in total. The molecule has 0 aliphatic heterocycles. The maximum absolute atomic E-state index is 12.2. The minimum absolute atomic E-state index is 0.0282. The largest absolute Gasteiger partial charge is 0.491 e. The van der Waals surface area contributed by atoms with Gasteiger partial charge in [-0.05, 0) is 30.5 Å². The highest BCUT2D eigenvalue weighted by atomic mass is 32.1. The molecular weight excluding hydrogens is 302 g/mol. The van der Waals surface area contributed by atoms with E-state index in [4.69, 9.17) is 9.47 Å². The molecule has 22 heavy (non-hydrogen) atoms. The van der Waals surface area contributed by atoms with Crippen molar-refractivity contribution in [1.82, 2.24) is 5.32 Å². The number of hydrogen-bond donors (Lipinski definition) is 1. The Kier molecular flexibility index (Phi) is 5.16. The van der Waals surface area contributed by atoms with Crippen molar-refractivity contribution in [2.24, 2.45) is 0 Å². The number of para-hydroxylation sites is 1. The van der Waals surface area contributed by atoms with Gasteiger partial charge >= 0.3 is 5.97 Å². The van der Waals surface area contributed by atoms with Gasteiger partial charge in [0.2, 0.25) is 0 Å². The molecule has 1 aromatic carbocycles. The number of thiophene rings is 1. The number of methoxy groups -OCH3 is 1. The Bertz CT molecular complexity index is 627. The number of hydrogen-bond acceptors (Lipinski definition) is 5. The van der Waals surface area contributed by atoms with Gasteiger partial charge in [0.1, 0.15) is 12.4 Å². The molecular formula is C16H17NO4S. The predicted molar refractivity (Wildman–Crippen MR) is 84.1 cm³/mol. The Balaban J connectivity index is 2.10. The highest BCUT2D eigenvalue weighted by Gasteiger charge is 2.37. The Morgan fingerprint density at radius 3 is 2.55 bits per heavy atom. The van der Waals surface area contributed by atoms with Gasteiger partial charge in [0, 0.05) is 5.38 Å². The van der Waals surface area contributed by atoms with Gasteiger partial charge in [0.05, 0.1) is 12.7 Å². The Labute approximate surface area is 132 Å². The Morgan fingerprint density at radius 1 is 1.23 bits per heavy atom. The summed E-state index contributed by atoms with van der Waals surface area (Å²) in [5.41, 5.74) is -0.774. The fraction of sp³-hybridized carbons (Fsp3) is 0.250. The highest BCUT2D eigenvalue weighted by molar-refractivity contribution is 7.08. The minimum Gasteiger partial charge on any atom is -0.491 e. The number of amides is 1. The number of carbonyl (C=O) groups is 2. The van der Waals surface area contributed by atoms with Crippen LogP contribution in [-0.2, 0) is 9.53 Å². The second-order valence-electron chi connectivity index (χ2n) is 4.89. The maximum Gasteiger partial charge on any atom is 0.334 e. The lowest BCUT2D eigenvalue weighted by Gasteiger charge is -2.27. The van der Waals surface area contributed by atoms with E-state index in [0.717, 1.165) is 0 Å². The summed E-state index contributed by atoms with van der Waals surface area (Å²) in [6.07, 6.45) is 0. The van der Waals surface area contributed by atoms with E-state index in [-0.39, 0.29) is 12.5 Å². The van der Waals surface area contributed by atoms with E-state index >= 15 is 0 Å². The Morgan fingerprint density at radius 2 is 1.95 bits per heavy atom. The third kappa shape index (κ3) is 3.85. The van der Waals surface area contributed by atoms with Crippen LogP contribution in [0.25, 0.3) is 0 Å². The molecule has 0 spiro atoms. The maximum atomic E-state index is 12.2. The topological polar surface area (TPSA) is 64.6 Å². The fourth-order valence-electron chi connectivity index (χ4n) is 1.83. The number of benzene rings is 1. The number of ether oxygens (including phenoxy) is 2. The van der Waals surface area contributed by atoms with Gasteiger partial charge in [0.25, 0.3) is 5.91 Å². The van der Waals surface area contributed by atoms with Crippen LogP contribution >= 0.6 is 11.3 Å². The molecule has 0 fully saturated rings. The van der Waals surface area contributed by atoms with Crippen molar-refractivity contribution < 1.29 is 19.1 Å². The van der Waals surface area contributed by atoms with Crippen LogP contribution in [0.4, 0.5) is 0 Å². The van der Waals surface area contributed by atoms with Gasteiger partial charge in [-0.3, -0.25) is 4.79 Å². The van der Waals surface area contributed by atoms with Crippen molar-refractivity contribution >= 4 is 23.2 Å². The van der Waals surface area contributed by atoms with Crippen LogP contribution in [-0.4, -0.2) is 31.1 Å². The minimum atomic E-state index is -1.27. The van der Waals surface area contributed by atoms with Crippen LogP contribution in [0.1, 0.15) is 17.3 Å². The first-order valence-electron chi connectivity index (χ1n) is 6.66. The smallest absolute Gasteiger partial charge is 0.334 e. The second kappa shape index (κ2) is 7.09. The number of rotatable bonds is 6. The monoisotopic (exact) mass is 319 g/mol. The molecule has 0 saturated heterocycles. The SMILES string of the molecule is COC(=O)[C@](C)(COc1ccccc1)NC(=O)c1ccsc1. The molecule has 0 aliphatic carbocycles. The van der Waals surface area contributed by atoms with E-state index in [1.165, 1.54) is 18.4 Å². The van der Waals surface area contributed by atoms with Gasteiger partial charge < -0.3 is 14.8 Å². The first kappa shape index (κ1) is 16.0. The van der Waals surface area contributed by atoms with Gasteiger partial charge in [-0.25, -0.2) is 4.79 Å². The van der Waals surface area contributed by atoms with Gasteiger partial charge in [-0.1, -0.05) is 18.2 Å². The van der Waals surface area contributed by atoms with Crippen molar-refractivity contribution in [3.8, 4) is 5.75 Å². The lowest BCUT2D eigenvalue weighted by molar-refractivity contribution is -0.148. The van der Waals surface area contributed by atoms with Gasteiger partial charge in [0.15, 0.2) is 5.54 Å². The van der Waals surface area contributed by atoms with E-state index in [1.54, 1.807) is 35.9 Å². The number of esters is 1. The van der Waals surface area contributed by atoms with E-state index in [9.17, 15) is 9.59 Å². The molecule has 116 valence electrons. The number of nitrogens with one attached hydrogen (secondary N) is 1. The van der Waals surface area contributed by atoms with Crippen molar-refractivity contribution in [1.29, 1.82) is 0 Å². The van der Waals surface area contributed by atoms with Gasteiger partial charge in [-0.15, -0.1) is 0 Å². The molecule has 0 radical (unpaired) electrons. The summed E-state index contributed by atoms with van der Waals surface area (Å²) in [6.45, 7) is 1.55. The molecule has 1 aromatic heterocycles.